The number of carbonyl (C=O) groups excluding carboxylic acids is 1. The maximum Gasteiger partial charge on any atom is 0.407 e. The van der Waals surface area contributed by atoms with E-state index in [4.69, 9.17) is 4.74 Å². The summed E-state index contributed by atoms with van der Waals surface area (Å²) in [5, 5.41) is 5.79. The fraction of sp³-hybridized carbons (Fsp3) is 0.533. The van der Waals surface area contributed by atoms with Crippen LogP contribution in [0, 0.1) is 0 Å². The van der Waals surface area contributed by atoms with Crippen LogP contribution in [0.2, 0.25) is 0 Å². The number of nitrogens with one attached hydrogen (secondary N) is 2. The lowest BCUT2D eigenvalue weighted by Gasteiger charge is -2.19. The summed E-state index contributed by atoms with van der Waals surface area (Å²) in [5.41, 5.74) is 0.231. The molecule has 22 heavy (non-hydrogen) atoms. The minimum Gasteiger partial charge on any atom is -0.444 e. The van der Waals surface area contributed by atoms with Crippen LogP contribution in [0.3, 0.4) is 0 Å². The Morgan fingerprint density at radius 1 is 1.23 bits per heavy atom. The molecule has 0 heterocycles. The van der Waals surface area contributed by atoms with E-state index in [0.29, 0.717) is 19.5 Å². The van der Waals surface area contributed by atoms with Gasteiger partial charge in [-0.2, -0.15) is 0 Å². The number of anilines is 1. The average molecular weight is 328 g/mol. The van der Waals surface area contributed by atoms with Gasteiger partial charge in [-0.1, -0.05) is 6.07 Å². The standard InChI is InChI=1S/C15H24N2O4S/c1-15(2,3)21-14(18)17-10-6-9-16-12-7-5-8-13(11-12)22(4,19)20/h5,7-8,11,16H,6,9-10H2,1-4H3,(H,17,18). The number of hydrogen-bond acceptors (Lipinski definition) is 5. The van der Waals surface area contributed by atoms with E-state index in [1.807, 2.05) is 20.8 Å². The van der Waals surface area contributed by atoms with Crippen molar-refractivity contribution < 1.29 is 17.9 Å². The van der Waals surface area contributed by atoms with E-state index in [1.165, 1.54) is 6.26 Å². The summed E-state index contributed by atoms with van der Waals surface area (Å²) < 4.78 is 28.0. The normalized spacial score (nSPS) is 11.8. The number of sulfone groups is 1. The number of amides is 1. The lowest BCUT2D eigenvalue weighted by atomic mass is 10.2. The maximum absolute atomic E-state index is 11.5. The molecule has 6 nitrogen and oxygen atoms in total. The molecule has 0 atom stereocenters. The molecule has 7 heteroatoms. The lowest BCUT2D eigenvalue weighted by Crippen LogP contribution is -2.33. The average Bonchev–Trinajstić information content (AvgIpc) is 2.35. The van der Waals surface area contributed by atoms with E-state index in [1.54, 1.807) is 24.3 Å². The molecule has 0 saturated heterocycles. The number of hydrogen-bond donors (Lipinski definition) is 2. The van der Waals surface area contributed by atoms with Crippen LogP contribution in [0.15, 0.2) is 29.2 Å². The van der Waals surface area contributed by atoms with Crippen LogP contribution in [0.1, 0.15) is 27.2 Å². The van der Waals surface area contributed by atoms with Crippen molar-refractivity contribution >= 4 is 21.6 Å². The third kappa shape index (κ3) is 7.31. The van der Waals surface area contributed by atoms with Crippen molar-refractivity contribution in [2.24, 2.45) is 0 Å². The molecule has 0 aromatic heterocycles. The van der Waals surface area contributed by atoms with Gasteiger partial charge in [0.05, 0.1) is 4.90 Å². The largest absolute Gasteiger partial charge is 0.444 e. The number of ether oxygens (including phenoxy) is 1. The summed E-state index contributed by atoms with van der Waals surface area (Å²) in [6, 6.07) is 6.65. The molecule has 0 spiro atoms. The molecule has 2 N–H and O–H groups in total. The Kier molecular flexibility index (Phi) is 6.22. The van der Waals surface area contributed by atoms with Crippen LogP contribution in [-0.4, -0.2) is 39.5 Å². The maximum atomic E-state index is 11.5. The molecular weight excluding hydrogens is 304 g/mol. The zero-order valence-corrected chi connectivity index (χ0v) is 14.3. The first-order valence-corrected chi connectivity index (χ1v) is 8.98. The molecule has 0 aliphatic rings. The van der Waals surface area contributed by atoms with E-state index in [9.17, 15) is 13.2 Å². The van der Waals surface area contributed by atoms with Gasteiger partial charge in [-0.05, 0) is 45.4 Å². The smallest absolute Gasteiger partial charge is 0.407 e. The van der Waals surface area contributed by atoms with Gasteiger partial charge in [0.1, 0.15) is 5.60 Å². The van der Waals surface area contributed by atoms with Crippen LogP contribution in [0.25, 0.3) is 0 Å². The number of alkyl carbamates (subject to hydrolysis) is 1. The fourth-order valence-corrected chi connectivity index (χ4v) is 2.33. The Morgan fingerprint density at radius 2 is 1.91 bits per heavy atom. The summed E-state index contributed by atoms with van der Waals surface area (Å²) in [6.07, 6.45) is 1.44. The molecule has 1 rings (SSSR count). The first-order valence-electron chi connectivity index (χ1n) is 7.09. The van der Waals surface area contributed by atoms with Crippen molar-refractivity contribution in [3.05, 3.63) is 24.3 Å². The molecule has 0 unspecified atom stereocenters. The lowest BCUT2D eigenvalue weighted by molar-refractivity contribution is 0.0528. The summed E-state index contributed by atoms with van der Waals surface area (Å²) in [4.78, 5) is 11.7. The van der Waals surface area contributed by atoms with Crippen LogP contribution in [0.4, 0.5) is 10.5 Å². The van der Waals surface area contributed by atoms with Crippen molar-refractivity contribution in [2.45, 2.75) is 37.7 Å². The van der Waals surface area contributed by atoms with Crippen molar-refractivity contribution in [1.82, 2.24) is 5.32 Å². The Bertz CT molecular complexity index is 606. The molecule has 0 saturated carbocycles. The molecule has 0 bridgehead atoms. The van der Waals surface area contributed by atoms with E-state index >= 15 is 0 Å². The molecule has 124 valence electrons. The van der Waals surface area contributed by atoms with Gasteiger partial charge in [0, 0.05) is 25.0 Å². The van der Waals surface area contributed by atoms with Crippen LogP contribution in [0.5, 0.6) is 0 Å². The summed E-state index contributed by atoms with van der Waals surface area (Å²) in [7, 11) is -3.20. The zero-order chi connectivity index (χ0) is 16.8. The van der Waals surface area contributed by atoms with Gasteiger partial charge in [-0.3, -0.25) is 0 Å². The highest BCUT2D eigenvalue weighted by Gasteiger charge is 2.15. The summed E-state index contributed by atoms with van der Waals surface area (Å²) >= 11 is 0. The summed E-state index contributed by atoms with van der Waals surface area (Å²) in [6.45, 7) is 6.52. The predicted octanol–water partition coefficient (Wildman–Crippen LogP) is 2.42. The molecule has 0 radical (unpaired) electrons. The topological polar surface area (TPSA) is 84.5 Å². The Balaban J connectivity index is 2.33. The fourth-order valence-electron chi connectivity index (χ4n) is 1.66. The minimum atomic E-state index is -3.20. The molecule has 0 aliphatic carbocycles. The highest BCUT2D eigenvalue weighted by Crippen LogP contribution is 2.15. The number of benzene rings is 1. The molecule has 1 aromatic carbocycles. The summed E-state index contributed by atoms with van der Waals surface area (Å²) in [5.74, 6) is 0. The Hall–Kier alpha value is -1.76. The van der Waals surface area contributed by atoms with Crippen LogP contribution in [-0.2, 0) is 14.6 Å². The molecular formula is C15H24N2O4S. The second-order valence-corrected chi connectivity index (χ2v) is 8.02. The SMILES string of the molecule is CC(C)(C)OC(=O)NCCCNc1cccc(S(C)(=O)=O)c1. The first-order chi connectivity index (χ1) is 10.1. The van der Waals surface area contributed by atoms with Gasteiger partial charge in [0.2, 0.25) is 0 Å². The number of carbonyl (C=O) groups is 1. The highest BCUT2D eigenvalue weighted by atomic mass is 32.2. The first kappa shape index (κ1) is 18.3. The molecule has 0 fully saturated rings. The molecule has 1 aromatic rings. The van der Waals surface area contributed by atoms with Crippen LogP contribution >= 0.6 is 0 Å². The van der Waals surface area contributed by atoms with E-state index in [0.717, 1.165) is 5.69 Å². The third-order valence-corrected chi connectivity index (χ3v) is 3.72. The van der Waals surface area contributed by atoms with Gasteiger partial charge in [0.25, 0.3) is 0 Å². The van der Waals surface area contributed by atoms with Crippen LogP contribution < -0.4 is 10.6 Å². The van der Waals surface area contributed by atoms with Gasteiger partial charge in [-0.25, -0.2) is 13.2 Å². The van der Waals surface area contributed by atoms with Gasteiger partial charge in [-0.15, -0.1) is 0 Å². The van der Waals surface area contributed by atoms with E-state index < -0.39 is 21.5 Å². The van der Waals surface area contributed by atoms with E-state index in [-0.39, 0.29) is 4.90 Å². The second kappa shape index (κ2) is 7.49. The quantitative estimate of drug-likeness (QED) is 0.783. The predicted molar refractivity (Wildman–Crippen MR) is 86.9 cm³/mol. The van der Waals surface area contributed by atoms with Crippen molar-refractivity contribution in [3.8, 4) is 0 Å². The number of rotatable bonds is 6. The Morgan fingerprint density at radius 3 is 2.50 bits per heavy atom. The molecule has 0 aliphatic heterocycles. The van der Waals surface area contributed by atoms with Gasteiger partial charge < -0.3 is 15.4 Å². The van der Waals surface area contributed by atoms with Gasteiger partial charge >= 0.3 is 6.09 Å². The van der Waals surface area contributed by atoms with E-state index in [2.05, 4.69) is 10.6 Å². The Labute approximate surface area is 132 Å². The van der Waals surface area contributed by atoms with Crippen molar-refractivity contribution in [1.29, 1.82) is 0 Å². The zero-order valence-electron chi connectivity index (χ0n) is 13.5. The monoisotopic (exact) mass is 328 g/mol. The van der Waals surface area contributed by atoms with Crippen molar-refractivity contribution in [3.63, 3.8) is 0 Å². The highest BCUT2D eigenvalue weighted by molar-refractivity contribution is 7.90. The van der Waals surface area contributed by atoms with Gasteiger partial charge in [0.15, 0.2) is 9.84 Å². The minimum absolute atomic E-state index is 0.282. The molecule has 1 amide bonds. The third-order valence-electron chi connectivity index (χ3n) is 2.61. The van der Waals surface area contributed by atoms with Crippen molar-refractivity contribution in [2.75, 3.05) is 24.7 Å². The second-order valence-electron chi connectivity index (χ2n) is 6.01.